The lowest BCUT2D eigenvalue weighted by Crippen LogP contribution is -2.30. The van der Waals surface area contributed by atoms with Crippen LogP contribution in [0.15, 0.2) is 18.2 Å². The van der Waals surface area contributed by atoms with E-state index < -0.39 is 0 Å². The molecule has 1 unspecified atom stereocenters. The second-order valence-electron chi connectivity index (χ2n) is 5.82. The van der Waals surface area contributed by atoms with Crippen LogP contribution in [0, 0.1) is 5.92 Å². The summed E-state index contributed by atoms with van der Waals surface area (Å²) in [4.78, 5) is 26.0. The van der Waals surface area contributed by atoms with Crippen LogP contribution in [0.25, 0.3) is 0 Å². The third-order valence-corrected chi connectivity index (χ3v) is 4.16. The Labute approximate surface area is 144 Å². The molecular weight excluding hydrogens is 312 g/mol. The molecule has 0 heterocycles. The molecule has 5 heteroatoms. The van der Waals surface area contributed by atoms with Crippen molar-refractivity contribution in [2.24, 2.45) is 5.92 Å². The number of benzene rings is 1. The number of hydrogen-bond acceptors (Lipinski definition) is 2. The molecule has 1 aromatic rings. The highest BCUT2D eigenvalue weighted by molar-refractivity contribution is 6.34. The molecule has 23 heavy (non-hydrogen) atoms. The number of amides is 2. The van der Waals surface area contributed by atoms with Gasteiger partial charge in [-0.05, 0) is 38.0 Å². The molecule has 4 nitrogen and oxygen atoms in total. The fourth-order valence-electron chi connectivity index (χ4n) is 2.57. The van der Waals surface area contributed by atoms with Crippen molar-refractivity contribution >= 4 is 29.1 Å². The van der Waals surface area contributed by atoms with E-state index in [4.69, 9.17) is 11.6 Å². The highest BCUT2D eigenvalue weighted by Crippen LogP contribution is 2.23. The van der Waals surface area contributed by atoms with Gasteiger partial charge in [0, 0.05) is 25.2 Å². The average molecular weight is 339 g/mol. The molecule has 1 rings (SSSR count). The maximum absolute atomic E-state index is 12.3. The van der Waals surface area contributed by atoms with Gasteiger partial charge in [0.25, 0.3) is 5.91 Å². The lowest BCUT2D eigenvalue weighted by Gasteiger charge is -2.19. The van der Waals surface area contributed by atoms with Crippen molar-refractivity contribution in [2.45, 2.75) is 47.0 Å². The van der Waals surface area contributed by atoms with E-state index in [0.717, 1.165) is 12.8 Å². The van der Waals surface area contributed by atoms with E-state index in [1.54, 1.807) is 23.1 Å². The van der Waals surface area contributed by atoms with Crippen LogP contribution in [-0.4, -0.2) is 29.8 Å². The van der Waals surface area contributed by atoms with Crippen LogP contribution in [-0.2, 0) is 4.79 Å². The van der Waals surface area contributed by atoms with Gasteiger partial charge in [-0.2, -0.15) is 0 Å². The van der Waals surface area contributed by atoms with E-state index >= 15 is 0 Å². The minimum absolute atomic E-state index is 0.0233. The van der Waals surface area contributed by atoms with Gasteiger partial charge in [0.15, 0.2) is 0 Å². The lowest BCUT2D eigenvalue weighted by molar-refractivity contribution is -0.117. The van der Waals surface area contributed by atoms with Gasteiger partial charge in [0.1, 0.15) is 0 Å². The molecule has 2 amide bonds. The maximum Gasteiger partial charge on any atom is 0.255 e. The fraction of sp³-hybridized carbons (Fsp3) is 0.556. The zero-order chi connectivity index (χ0) is 17.4. The third-order valence-electron chi connectivity index (χ3n) is 3.85. The lowest BCUT2D eigenvalue weighted by atomic mass is 10.0. The van der Waals surface area contributed by atoms with E-state index in [-0.39, 0.29) is 11.8 Å². The Morgan fingerprint density at radius 3 is 2.39 bits per heavy atom. The Kier molecular flexibility index (Phi) is 8.10. The largest absolute Gasteiger partial charge is 0.339 e. The fourth-order valence-corrected chi connectivity index (χ4v) is 2.83. The van der Waals surface area contributed by atoms with Crippen LogP contribution in [0.4, 0.5) is 5.69 Å². The number of nitrogens with zero attached hydrogens (tertiary/aromatic N) is 1. The van der Waals surface area contributed by atoms with Gasteiger partial charge in [-0.3, -0.25) is 9.59 Å². The molecule has 1 aromatic carbocycles. The monoisotopic (exact) mass is 338 g/mol. The number of carbonyl (C=O) groups excluding carboxylic acids is 2. The molecule has 0 radical (unpaired) electrons. The first-order chi connectivity index (χ1) is 10.9. The van der Waals surface area contributed by atoms with E-state index in [1.165, 1.54) is 0 Å². The summed E-state index contributed by atoms with van der Waals surface area (Å²) in [5.74, 6) is 0.248. The summed E-state index contributed by atoms with van der Waals surface area (Å²) in [6.07, 6.45) is 2.60. The third kappa shape index (κ3) is 5.87. The predicted molar refractivity (Wildman–Crippen MR) is 96.0 cm³/mol. The number of hydrogen-bond donors (Lipinski definition) is 1. The van der Waals surface area contributed by atoms with Crippen molar-refractivity contribution in [1.29, 1.82) is 0 Å². The highest BCUT2D eigenvalue weighted by atomic mass is 35.5. The molecule has 0 saturated heterocycles. The first-order valence-corrected chi connectivity index (χ1v) is 8.69. The first-order valence-electron chi connectivity index (χ1n) is 8.31. The second-order valence-corrected chi connectivity index (χ2v) is 6.23. The van der Waals surface area contributed by atoms with Crippen molar-refractivity contribution < 1.29 is 9.59 Å². The Hall–Kier alpha value is -1.55. The molecule has 0 aliphatic carbocycles. The molecule has 1 N–H and O–H groups in total. The Morgan fingerprint density at radius 1 is 1.22 bits per heavy atom. The average Bonchev–Trinajstić information content (AvgIpc) is 2.48. The number of rotatable bonds is 8. The molecular formula is C18H27ClN2O2. The summed E-state index contributed by atoms with van der Waals surface area (Å²) in [5, 5.41) is 3.21. The quantitative estimate of drug-likeness (QED) is 0.753. The van der Waals surface area contributed by atoms with Crippen LogP contribution in [0.2, 0.25) is 5.02 Å². The van der Waals surface area contributed by atoms with Crippen molar-refractivity contribution in [3.8, 4) is 0 Å². The standard InChI is InChI=1S/C18H27ClN2O2/c1-5-8-13(4)11-17(22)20-14-9-10-15(16(19)12-14)18(23)21(6-2)7-3/h9-10,12-13H,5-8,11H2,1-4H3,(H,20,22). The Balaban J connectivity index is 2.76. The van der Waals surface area contributed by atoms with Gasteiger partial charge in [-0.25, -0.2) is 0 Å². The summed E-state index contributed by atoms with van der Waals surface area (Å²) >= 11 is 6.22. The Morgan fingerprint density at radius 2 is 1.87 bits per heavy atom. The van der Waals surface area contributed by atoms with E-state index in [9.17, 15) is 9.59 Å². The van der Waals surface area contributed by atoms with Crippen molar-refractivity contribution in [1.82, 2.24) is 4.90 Å². The van der Waals surface area contributed by atoms with E-state index in [2.05, 4.69) is 19.2 Å². The Bertz CT molecular complexity index is 542. The minimum Gasteiger partial charge on any atom is -0.339 e. The van der Waals surface area contributed by atoms with Gasteiger partial charge in [-0.15, -0.1) is 0 Å². The van der Waals surface area contributed by atoms with E-state index in [0.29, 0.717) is 41.7 Å². The van der Waals surface area contributed by atoms with Crippen LogP contribution in [0.3, 0.4) is 0 Å². The molecule has 0 saturated carbocycles. The molecule has 0 spiro atoms. The zero-order valence-corrected chi connectivity index (χ0v) is 15.2. The minimum atomic E-state index is -0.0885. The normalized spacial score (nSPS) is 11.9. The number of carbonyl (C=O) groups is 2. The summed E-state index contributed by atoms with van der Waals surface area (Å²) in [6, 6.07) is 5.04. The first kappa shape index (κ1) is 19.5. The molecule has 0 aliphatic heterocycles. The second kappa shape index (κ2) is 9.56. The smallest absolute Gasteiger partial charge is 0.255 e. The molecule has 0 bridgehead atoms. The zero-order valence-electron chi connectivity index (χ0n) is 14.5. The molecule has 0 fully saturated rings. The van der Waals surface area contributed by atoms with Crippen LogP contribution < -0.4 is 5.32 Å². The van der Waals surface area contributed by atoms with E-state index in [1.807, 2.05) is 13.8 Å². The summed E-state index contributed by atoms with van der Waals surface area (Å²) in [5.41, 5.74) is 1.09. The van der Waals surface area contributed by atoms with Crippen molar-refractivity contribution in [2.75, 3.05) is 18.4 Å². The van der Waals surface area contributed by atoms with Crippen LogP contribution >= 0.6 is 11.6 Å². The SMILES string of the molecule is CCCC(C)CC(=O)Nc1ccc(C(=O)N(CC)CC)c(Cl)c1. The molecule has 1 atom stereocenters. The van der Waals surface area contributed by atoms with Gasteiger partial charge in [0.2, 0.25) is 5.91 Å². The summed E-state index contributed by atoms with van der Waals surface area (Å²) in [7, 11) is 0. The molecule has 128 valence electrons. The van der Waals surface area contributed by atoms with Crippen LogP contribution in [0.1, 0.15) is 57.3 Å². The number of anilines is 1. The topological polar surface area (TPSA) is 49.4 Å². The number of nitrogens with one attached hydrogen (secondary N) is 1. The van der Waals surface area contributed by atoms with Gasteiger partial charge in [0.05, 0.1) is 10.6 Å². The summed E-state index contributed by atoms with van der Waals surface area (Å²) < 4.78 is 0. The van der Waals surface area contributed by atoms with Crippen molar-refractivity contribution in [3.63, 3.8) is 0 Å². The molecule has 0 aromatic heterocycles. The highest BCUT2D eigenvalue weighted by Gasteiger charge is 2.16. The van der Waals surface area contributed by atoms with Gasteiger partial charge >= 0.3 is 0 Å². The number of halogens is 1. The predicted octanol–water partition coefficient (Wildman–Crippen LogP) is 4.59. The van der Waals surface area contributed by atoms with Gasteiger partial charge in [-0.1, -0.05) is 38.3 Å². The molecule has 0 aliphatic rings. The van der Waals surface area contributed by atoms with Crippen LogP contribution in [0.5, 0.6) is 0 Å². The van der Waals surface area contributed by atoms with Gasteiger partial charge < -0.3 is 10.2 Å². The maximum atomic E-state index is 12.3. The summed E-state index contributed by atoms with van der Waals surface area (Å²) in [6.45, 7) is 9.32. The van der Waals surface area contributed by atoms with Crippen molar-refractivity contribution in [3.05, 3.63) is 28.8 Å².